The number of ether oxygens (including phenoxy) is 2. The van der Waals surface area contributed by atoms with E-state index in [4.69, 9.17) is 9.47 Å². The Kier molecular flexibility index (Phi) is 10.3. The van der Waals surface area contributed by atoms with Crippen LogP contribution in [0.15, 0.2) is 0 Å². The Morgan fingerprint density at radius 2 is 1.88 bits per heavy atom. The van der Waals surface area contributed by atoms with E-state index < -0.39 is 6.09 Å². The van der Waals surface area contributed by atoms with Crippen LogP contribution in [0.4, 0.5) is 4.79 Å². The SMILES string of the molecule is CCCNC(=O)OCCCOCC(=O)NCC. The number of nitrogens with one attached hydrogen (secondary N) is 2. The van der Waals surface area contributed by atoms with Gasteiger partial charge >= 0.3 is 6.09 Å². The summed E-state index contributed by atoms with van der Waals surface area (Å²) in [5, 5.41) is 5.21. The molecule has 0 aromatic rings. The van der Waals surface area contributed by atoms with Gasteiger partial charge in [0.25, 0.3) is 0 Å². The van der Waals surface area contributed by atoms with E-state index in [1.54, 1.807) is 0 Å². The zero-order valence-corrected chi connectivity index (χ0v) is 10.6. The van der Waals surface area contributed by atoms with Crippen LogP contribution >= 0.6 is 0 Å². The molecule has 0 rings (SSSR count). The summed E-state index contributed by atoms with van der Waals surface area (Å²) in [4.78, 5) is 22.0. The molecule has 0 saturated carbocycles. The van der Waals surface area contributed by atoms with Crippen LogP contribution in [0.25, 0.3) is 0 Å². The molecule has 6 heteroatoms. The monoisotopic (exact) mass is 246 g/mol. The molecule has 0 aliphatic carbocycles. The lowest BCUT2D eigenvalue weighted by molar-refractivity contribution is -0.125. The summed E-state index contributed by atoms with van der Waals surface area (Å²) in [7, 11) is 0. The molecule has 2 amide bonds. The molecule has 0 aromatic carbocycles. The van der Waals surface area contributed by atoms with Crippen LogP contribution in [-0.4, -0.2) is 44.9 Å². The number of rotatable bonds is 9. The third kappa shape index (κ3) is 11.0. The van der Waals surface area contributed by atoms with E-state index in [9.17, 15) is 9.59 Å². The molecular weight excluding hydrogens is 224 g/mol. The van der Waals surface area contributed by atoms with Crippen LogP contribution in [0.1, 0.15) is 26.7 Å². The van der Waals surface area contributed by atoms with Crippen molar-refractivity contribution >= 4 is 12.0 Å². The van der Waals surface area contributed by atoms with Crippen molar-refractivity contribution in [2.75, 3.05) is 32.9 Å². The van der Waals surface area contributed by atoms with Gasteiger partial charge in [0, 0.05) is 19.5 Å². The smallest absolute Gasteiger partial charge is 0.407 e. The highest BCUT2D eigenvalue weighted by Crippen LogP contribution is 1.87. The number of hydrogen-bond acceptors (Lipinski definition) is 4. The van der Waals surface area contributed by atoms with Gasteiger partial charge < -0.3 is 20.1 Å². The highest BCUT2D eigenvalue weighted by atomic mass is 16.5. The third-order valence-electron chi connectivity index (χ3n) is 1.79. The Balaban J connectivity index is 3.23. The van der Waals surface area contributed by atoms with Gasteiger partial charge in [0.2, 0.25) is 5.91 Å². The van der Waals surface area contributed by atoms with Crippen LogP contribution in [0.5, 0.6) is 0 Å². The van der Waals surface area contributed by atoms with Crippen LogP contribution in [0, 0.1) is 0 Å². The molecule has 0 saturated heterocycles. The summed E-state index contributed by atoms with van der Waals surface area (Å²) in [6.45, 7) is 5.78. The zero-order chi connectivity index (χ0) is 12.9. The molecule has 0 aliphatic rings. The normalized spacial score (nSPS) is 9.76. The van der Waals surface area contributed by atoms with Crippen molar-refractivity contribution in [2.24, 2.45) is 0 Å². The van der Waals surface area contributed by atoms with E-state index in [-0.39, 0.29) is 12.5 Å². The Morgan fingerprint density at radius 1 is 1.12 bits per heavy atom. The van der Waals surface area contributed by atoms with E-state index in [1.165, 1.54) is 0 Å². The predicted octanol–water partition coefficient (Wildman–Crippen LogP) is 0.665. The minimum Gasteiger partial charge on any atom is -0.449 e. The molecule has 0 bridgehead atoms. The number of carbonyl (C=O) groups is 2. The standard InChI is InChI=1S/C11H22N2O4/c1-3-6-13-11(15)17-8-5-7-16-9-10(14)12-4-2/h3-9H2,1-2H3,(H,12,14)(H,13,15). The molecule has 0 aromatic heterocycles. The molecule has 0 unspecified atom stereocenters. The lowest BCUT2D eigenvalue weighted by Crippen LogP contribution is -2.27. The summed E-state index contributed by atoms with van der Waals surface area (Å²) < 4.78 is 9.96. The molecule has 6 nitrogen and oxygen atoms in total. The molecule has 2 N–H and O–H groups in total. The zero-order valence-electron chi connectivity index (χ0n) is 10.6. The van der Waals surface area contributed by atoms with Crippen molar-refractivity contribution < 1.29 is 19.1 Å². The van der Waals surface area contributed by atoms with Gasteiger partial charge in [-0.2, -0.15) is 0 Å². The number of alkyl carbamates (subject to hydrolysis) is 1. The van der Waals surface area contributed by atoms with Crippen molar-refractivity contribution in [1.29, 1.82) is 0 Å². The second-order valence-corrected chi connectivity index (χ2v) is 3.42. The van der Waals surface area contributed by atoms with Crippen LogP contribution in [0.3, 0.4) is 0 Å². The molecule has 0 radical (unpaired) electrons. The highest BCUT2D eigenvalue weighted by molar-refractivity contribution is 5.77. The van der Waals surface area contributed by atoms with Gasteiger partial charge in [-0.15, -0.1) is 0 Å². The number of hydrogen-bond donors (Lipinski definition) is 2. The largest absolute Gasteiger partial charge is 0.449 e. The fourth-order valence-electron chi connectivity index (χ4n) is 1.02. The van der Waals surface area contributed by atoms with Gasteiger partial charge in [0.1, 0.15) is 6.61 Å². The lowest BCUT2D eigenvalue weighted by Gasteiger charge is -2.06. The molecule has 0 heterocycles. The Bertz CT molecular complexity index is 222. The topological polar surface area (TPSA) is 76.7 Å². The van der Waals surface area contributed by atoms with Gasteiger partial charge in [-0.3, -0.25) is 4.79 Å². The molecular formula is C11H22N2O4. The van der Waals surface area contributed by atoms with Gasteiger partial charge in [-0.1, -0.05) is 6.92 Å². The molecule has 0 atom stereocenters. The van der Waals surface area contributed by atoms with Gasteiger partial charge in [-0.05, 0) is 13.3 Å². The fourth-order valence-corrected chi connectivity index (χ4v) is 1.02. The van der Waals surface area contributed by atoms with Gasteiger partial charge in [0.15, 0.2) is 0 Å². The average Bonchev–Trinajstić information content (AvgIpc) is 2.31. The first-order chi connectivity index (χ1) is 8.20. The molecule has 0 spiro atoms. The fraction of sp³-hybridized carbons (Fsp3) is 0.818. The van der Waals surface area contributed by atoms with E-state index in [0.717, 1.165) is 6.42 Å². The van der Waals surface area contributed by atoms with E-state index in [2.05, 4.69) is 10.6 Å². The third-order valence-corrected chi connectivity index (χ3v) is 1.79. The second kappa shape index (κ2) is 11.2. The maximum Gasteiger partial charge on any atom is 0.407 e. The second-order valence-electron chi connectivity index (χ2n) is 3.42. The maximum atomic E-state index is 11.0. The maximum absolute atomic E-state index is 11.0. The van der Waals surface area contributed by atoms with Crippen molar-refractivity contribution in [1.82, 2.24) is 10.6 Å². The van der Waals surface area contributed by atoms with Crippen LogP contribution in [-0.2, 0) is 14.3 Å². The Hall–Kier alpha value is -1.30. The summed E-state index contributed by atoms with van der Waals surface area (Å²) >= 11 is 0. The van der Waals surface area contributed by atoms with Crippen LogP contribution < -0.4 is 10.6 Å². The van der Waals surface area contributed by atoms with Crippen molar-refractivity contribution in [2.45, 2.75) is 26.7 Å². The summed E-state index contributed by atoms with van der Waals surface area (Å²) in [6.07, 6.45) is 1.06. The number of amides is 2. The van der Waals surface area contributed by atoms with E-state index in [0.29, 0.717) is 32.7 Å². The lowest BCUT2D eigenvalue weighted by atomic mass is 10.5. The summed E-state index contributed by atoms with van der Waals surface area (Å²) in [5.74, 6) is -0.130. The summed E-state index contributed by atoms with van der Waals surface area (Å²) in [6, 6.07) is 0. The van der Waals surface area contributed by atoms with Crippen molar-refractivity contribution in [3.05, 3.63) is 0 Å². The Labute approximate surface area is 102 Å². The Morgan fingerprint density at radius 3 is 2.53 bits per heavy atom. The van der Waals surface area contributed by atoms with Crippen molar-refractivity contribution in [3.63, 3.8) is 0 Å². The molecule has 0 aliphatic heterocycles. The summed E-state index contributed by atoms with van der Waals surface area (Å²) in [5.41, 5.74) is 0. The van der Waals surface area contributed by atoms with E-state index in [1.807, 2.05) is 13.8 Å². The minimum atomic E-state index is -0.407. The average molecular weight is 246 g/mol. The van der Waals surface area contributed by atoms with Gasteiger partial charge in [0.05, 0.1) is 13.2 Å². The number of carbonyl (C=O) groups excluding carboxylic acids is 2. The first-order valence-electron chi connectivity index (χ1n) is 5.95. The first-order valence-corrected chi connectivity index (χ1v) is 5.95. The number of likely N-dealkylation sites (N-methyl/N-ethyl adjacent to an activating group) is 1. The highest BCUT2D eigenvalue weighted by Gasteiger charge is 2.01. The quantitative estimate of drug-likeness (QED) is 0.586. The molecule has 17 heavy (non-hydrogen) atoms. The predicted molar refractivity (Wildman–Crippen MR) is 63.8 cm³/mol. The van der Waals surface area contributed by atoms with Gasteiger partial charge in [-0.25, -0.2) is 4.79 Å². The first kappa shape index (κ1) is 15.7. The van der Waals surface area contributed by atoms with Crippen molar-refractivity contribution in [3.8, 4) is 0 Å². The minimum absolute atomic E-state index is 0.0515. The van der Waals surface area contributed by atoms with E-state index >= 15 is 0 Å². The molecule has 100 valence electrons. The van der Waals surface area contributed by atoms with Crippen LogP contribution in [0.2, 0.25) is 0 Å². The molecule has 0 fully saturated rings.